The number of hydrogen-bond acceptors (Lipinski definition) is 3. The Morgan fingerprint density at radius 2 is 1.90 bits per heavy atom. The zero-order chi connectivity index (χ0) is 20.5. The third-order valence-corrected chi connectivity index (χ3v) is 5.66. The number of para-hydroxylation sites is 1. The van der Waals surface area contributed by atoms with Crippen LogP contribution in [0.4, 0.5) is 0 Å². The minimum absolute atomic E-state index is 0. The molecule has 2 aromatic carbocycles. The molecule has 2 aromatic rings. The minimum Gasteiger partial charge on any atom is -0.494 e. The average molecular weight is 544 g/mol. The van der Waals surface area contributed by atoms with Gasteiger partial charge >= 0.3 is 0 Å². The number of ether oxygens (including phenoxy) is 2. The Hall–Kier alpha value is -1.51. The molecule has 1 aliphatic rings. The molecule has 0 amide bonds. The van der Waals surface area contributed by atoms with Crippen LogP contribution in [0.15, 0.2) is 53.5 Å². The molecule has 0 radical (unpaired) electrons. The van der Waals surface area contributed by atoms with Crippen molar-refractivity contribution in [2.75, 3.05) is 33.4 Å². The Morgan fingerprint density at radius 1 is 1.13 bits per heavy atom. The van der Waals surface area contributed by atoms with Crippen LogP contribution >= 0.6 is 35.6 Å². The molecule has 0 aromatic heterocycles. The Morgan fingerprint density at radius 3 is 2.60 bits per heavy atom. The van der Waals surface area contributed by atoms with Gasteiger partial charge < -0.3 is 20.1 Å². The number of halogens is 2. The van der Waals surface area contributed by atoms with Gasteiger partial charge in [0.25, 0.3) is 0 Å². The summed E-state index contributed by atoms with van der Waals surface area (Å²) < 4.78 is 11.3. The molecule has 7 heteroatoms. The van der Waals surface area contributed by atoms with Crippen molar-refractivity contribution in [1.29, 1.82) is 0 Å². The first-order chi connectivity index (χ1) is 14.2. The Bertz CT molecular complexity index is 826. The van der Waals surface area contributed by atoms with Gasteiger partial charge in [0.2, 0.25) is 0 Å². The number of rotatable bonds is 7. The lowest BCUT2D eigenvalue weighted by Crippen LogP contribution is -2.47. The maximum absolute atomic E-state index is 6.27. The van der Waals surface area contributed by atoms with Crippen LogP contribution in [0.1, 0.15) is 30.9 Å². The van der Waals surface area contributed by atoms with Gasteiger partial charge in [-0.05, 0) is 43.5 Å². The van der Waals surface area contributed by atoms with Gasteiger partial charge in [-0.3, -0.25) is 4.99 Å². The zero-order valence-corrected chi connectivity index (χ0v) is 20.7. The summed E-state index contributed by atoms with van der Waals surface area (Å²) in [6, 6.07) is 16.2. The van der Waals surface area contributed by atoms with E-state index in [9.17, 15) is 0 Å². The maximum atomic E-state index is 6.27. The summed E-state index contributed by atoms with van der Waals surface area (Å²) in [4.78, 5) is 4.40. The predicted octanol–water partition coefficient (Wildman–Crippen LogP) is 4.77. The normalized spacial score (nSPS) is 15.8. The lowest BCUT2D eigenvalue weighted by Gasteiger charge is -2.38. The van der Waals surface area contributed by atoms with Crippen LogP contribution in [0.2, 0.25) is 5.02 Å². The van der Waals surface area contributed by atoms with Crippen molar-refractivity contribution < 1.29 is 9.47 Å². The minimum atomic E-state index is -0.0238. The maximum Gasteiger partial charge on any atom is 0.191 e. The highest BCUT2D eigenvalue weighted by molar-refractivity contribution is 14.0. The van der Waals surface area contributed by atoms with Crippen molar-refractivity contribution in [3.05, 3.63) is 64.7 Å². The van der Waals surface area contributed by atoms with E-state index in [1.165, 1.54) is 5.56 Å². The summed E-state index contributed by atoms with van der Waals surface area (Å²) in [5.74, 6) is 1.67. The fourth-order valence-corrected chi connectivity index (χ4v) is 3.94. The van der Waals surface area contributed by atoms with Gasteiger partial charge in [0.15, 0.2) is 5.96 Å². The number of benzene rings is 2. The van der Waals surface area contributed by atoms with Crippen molar-refractivity contribution in [3.63, 3.8) is 0 Å². The van der Waals surface area contributed by atoms with Gasteiger partial charge in [0, 0.05) is 49.4 Å². The first-order valence-electron chi connectivity index (χ1n) is 10.2. The third kappa shape index (κ3) is 6.49. The van der Waals surface area contributed by atoms with Crippen LogP contribution < -0.4 is 15.4 Å². The van der Waals surface area contributed by atoms with Crippen molar-refractivity contribution >= 4 is 41.5 Å². The highest BCUT2D eigenvalue weighted by atomic mass is 127. The van der Waals surface area contributed by atoms with E-state index in [2.05, 4.69) is 33.8 Å². The smallest absolute Gasteiger partial charge is 0.191 e. The lowest BCUT2D eigenvalue weighted by molar-refractivity contribution is 0.0514. The zero-order valence-electron chi connectivity index (χ0n) is 17.6. The van der Waals surface area contributed by atoms with Gasteiger partial charge in [0.05, 0.1) is 6.61 Å². The van der Waals surface area contributed by atoms with Crippen LogP contribution in [0.3, 0.4) is 0 Å². The highest BCUT2D eigenvalue weighted by Crippen LogP contribution is 2.35. The average Bonchev–Trinajstić information content (AvgIpc) is 2.76. The molecule has 1 aliphatic heterocycles. The van der Waals surface area contributed by atoms with E-state index in [0.717, 1.165) is 54.9 Å². The first-order valence-corrected chi connectivity index (χ1v) is 10.5. The van der Waals surface area contributed by atoms with E-state index in [0.29, 0.717) is 13.2 Å². The van der Waals surface area contributed by atoms with Gasteiger partial charge in [0.1, 0.15) is 5.75 Å². The van der Waals surface area contributed by atoms with Crippen LogP contribution in [0.25, 0.3) is 0 Å². The molecule has 1 heterocycles. The lowest BCUT2D eigenvalue weighted by atomic mass is 9.74. The highest BCUT2D eigenvalue weighted by Gasteiger charge is 2.34. The van der Waals surface area contributed by atoms with E-state index in [1.807, 2.05) is 37.3 Å². The summed E-state index contributed by atoms with van der Waals surface area (Å²) in [5.41, 5.74) is 2.33. The number of hydrogen-bond donors (Lipinski definition) is 2. The number of guanidine groups is 1. The molecule has 5 nitrogen and oxygen atoms in total. The Kier molecular flexibility index (Phi) is 10.2. The molecule has 0 atom stereocenters. The molecular weight excluding hydrogens is 513 g/mol. The van der Waals surface area contributed by atoms with E-state index in [1.54, 1.807) is 7.05 Å². The second-order valence-corrected chi connectivity index (χ2v) is 7.66. The van der Waals surface area contributed by atoms with Crippen LogP contribution in [-0.2, 0) is 16.7 Å². The summed E-state index contributed by atoms with van der Waals surface area (Å²) in [6.45, 7) is 5.55. The van der Waals surface area contributed by atoms with Crippen LogP contribution in [0.5, 0.6) is 5.75 Å². The van der Waals surface area contributed by atoms with Crippen LogP contribution in [-0.4, -0.2) is 39.4 Å². The van der Waals surface area contributed by atoms with Crippen molar-refractivity contribution in [1.82, 2.24) is 10.6 Å². The molecule has 164 valence electrons. The molecule has 0 unspecified atom stereocenters. The molecule has 1 fully saturated rings. The molecule has 30 heavy (non-hydrogen) atoms. The molecule has 3 rings (SSSR count). The fraction of sp³-hybridized carbons (Fsp3) is 0.435. The van der Waals surface area contributed by atoms with E-state index >= 15 is 0 Å². The molecule has 0 bridgehead atoms. The number of aliphatic imine (C=N–C) groups is 1. The summed E-state index contributed by atoms with van der Waals surface area (Å²) in [7, 11) is 1.79. The molecule has 0 saturated carbocycles. The largest absolute Gasteiger partial charge is 0.494 e. The summed E-state index contributed by atoms with van der Waals surface area (Å²) in [6.07, 6.45) is 1.90. The Balaban J connectivity index is 0.00000320. The second kappa shape index (κ2) is 12.4. The van der Waals surface area contributed by atoms with Crippen molar-refractivity contribution in [3.8, 4) is 5.75 Å². The quantitative estimate of drug-likeness (QED) is 0.300. The van der Waals surface area contributed by atoms with Gasteiger partial charge in [-0.1, -0.05) is 41.9 Å². The number of nitrogens with one attached hydrogen (secondary N) is 2. The van der Waals surface area contributed by atoms with E-state index in [4.69, 9.17) is 21.1 Å². The molecular formula is C23H31ClIN3O2. The van der Waals surface area contributed by atoms with Crippen LogP contribution in [0, 0.1) is 0 Å². The molecule has 1 saturated heterocycles. The van der Waals surface area contributed by atoms with Gasteiger partial charge in [-0.25, -0.2) is 0 Å². The molecule has 2 N–H and O–H groups in total. The summed E-state index contributed by atoms with van der Waals surface area (Å²) in [5, 5.41) is 7.69. The topological polar surface area (TPSA) is 54.9 Å². The predicted molar refractivity (Wildman–Crippen MR) is 134 cm³/mol. The number of nitrogens with zero attached hydrogens (tertiary/aromatic N) is 1. The standard InChI is InChI=1S/C23H30ClN3O2.HI/c1-3-29-21-10-5-4-7-18(21)16-26-22(25-2)27-17-23(11-13-28-14-12-23)19-8-6-9-20(24)15-19;/h4-10,15H,3,11-14,16-17H2,1-2H3,(H2,25,26,27);1H. The SMILES string of the molecule is CCOc1ccccc1CNC(=NC)NCC1(c2cccc(Cl)c2)CCOCC1.I. The fourth-order valence-electron chi connectivity index (χ4n) is 3.75. The second-order valence-electron chi connectivity index (χ2n) is 7.22. The third-order valence-electron chi connectivity index (χ3n) is 5.42. The van der Waals surface area contributed by atoms with Gasteiger partial charge in [-0.15, -0.1) is 24.0 Å². The molecule has 0 spiro atoms. The van der Waals surface area contributed by atoms with E-state index < -0.39 is 0 Å². The summed E-state index contributed by atoms with van der Waals surface area (Å²) >= 11 is 6.27. The van der Waals surface area contributed by atoms with Crippen molar-refractivity contribution in [2.45, 2.75) is 31.7 Å². The monoisotopic (exact) mass is 543 g/mol. The molecule has 0 aliphatic carbocycles. The van der Waals surface area contributed by atoms with Crippen molar-refractivity contribution in [2.24, 2.45) is 4.99 Å². The first kappa shape index (κ1) is 24.8. The Labute approximate surface area is 201 Å². The van der Waals surface area contributed by atoms with E-state index in [-0.39, 0.29) is 29.4 Å². The van der Waals surface area contributed by atoms with Gasteiger partial charge in [-0.2, -0.15) is 0 Å².